The molecule has 1 amide bonds. The fraction of sp³-hybridized carbons (Fsp3) is 0.300. The molecule has 1 saturated heterocycles. The van der Waals surface area contributed by atoms with Crippen molar-refractivity contribution in [2.75, 3.05) is 38.3 Å². The Morgan fingerprint density at radius 2 is 1.66 bits per heavy atom. The minimum absolute atomic E-state index is 0.0202. The quantitative estimate of drug-likeness (QED) is 0.250. The zero-order chi connectivity index (χ0) is 26.6. The Labute approximate surface area is 222 Å². The first-order valence-electron chi connectivity index (χ1n) is 12.7. The molecule has 1 N–H and O–H groups in total. The van der Waals surface area contributed by atoms with Crippen LogP contribution in [0.2, 0.25) is 0 Å². The highest BCUT2D eigenvalue weighted by atomic mass is 19.1. The Kier molecular flexibility index (Phi) is 9.98. The molecular formula is C30H33FN2O5. The number of piperazine rings is 1. The number of anilines is 1. The average Bonchev–Trinajstić information content (AvgIpc) is 2.94. The maximum absolute atomic E-state index is 13.0. The molecule has 4 rings (SSSR count). The van der Waals surface area contributed by atoms with Gasteiger partial charge in [-0.1, -0.05) is 24.3 Å². The van der Waals surface area contributed by atoms with Gasteiger partial charge < -0.3 is 29.2 Å². The van der Waals surface area contributed by atoms with Gasteiger partial charge >= 0.3 is 0 Å². The second kappa shape index (κ2) is 14.0. The normalized spacial score (nSPS) is 15.5. The Morgan fingerprint density at radius 3 is 2.39 bits per heavy atom. The van der Waals surface area contributed by atoms with Crippen LogP contribution in [-0.2, 0) is 16.1 Å². The molecule has 200 valence electrons. The number of carbonyl (C=O) groups is 1. The van der Waals surface area contributed by atoms with E-state index in [1.54, 1.807) is 30.4 Å². The van der Waals surface area contributed by atoms with Crippen molar-refractivity contribution in [1.29, 1.82) is 0 Å². The van der Waals surface area contributed by atoms with Crippen molar-refractivity contribution < 1.29 is 28.1 Å². The molecule has 1 heterocycles. The Morgan fingerprint density at radius 1 is 0.947 bits per heavy atom. The van der Waals surface area contributed by atoms with E-state index in [0.29, 0.717) is 26.4 Å². The van der Waals surface area contributed by atoms with Crippen LogP contribution in [0.4, 0.5) is 10.1 Å². The lowest BCUT2D eigenvalue weighted by Crippen LogP contribution is -2.54. The third kappa shape index (κ3) is 7.73. The minimum Gasteiger partial charge on any atom is -0.497 e. The number of hydrogen-bond donors (Lipinski definition) is 1. The molecule has 3 aromatic rings. The van der Waals surface area contributed by atoms with E-state index in [2.05, 4.69) is 5.32 Å². The fourth-order valence-corrected chi connectivity index (χ4v) is 4.07. The summed E-state index contributed by atoms with van der Waals surface area (Å²) in [5.74, 6) is 1.91. The largest absolute Gasteiger partial charge is 0.497 e. The molecule has 3 aromatic carbocycles. The molecule has 0 saturated carbocycles. The van der Waals surface area contributed by atoms with Gasteiger partial charge in [0.25, 0.3) is 0 Å². The number of unbranched alkanes of at least 4 members (excludes halogenated alkanes) is 1. The van der Waals surface area contributed by atoms with Crippen molar-refractivity contribution in [3.63, 3.8) is 0 Å². The highest BCUT2D eigenvalue weighted by molar-refractivity contribution is 5.96. The van der Waals surface area contributed by atoms with E-state index in [9.17, 15) is 9.18 Å². The van der Waals surface area contributed by atoms with Gasteiger partial charge in [-0.3, -0.25) is 4.79 Å². The average molecular weight is 521 g/mol. The van der Waals surface area contributed by atoms with E-state index in [-0.39, 0.29) is 24.3 Å². The summed E-state index contributed by atoms with van der Waals surface area (Å²) in [5.41, 5.74) is 1.66. The summed E-state index contributed by atoms with van der Waals surface area (Å²) < 4.78 is 35.6. The third-order valence-corrected chi connectivity index (χ3v) is 6.04. The summed E-state index contributed by atoms with van der Waals surface area (Å²) in [6.07, 6.45) is 5.14. The Hall–Kier alpha value is -4.04. The molecule has 1 atom stereocenters. The van der Waals surface area contributed by atoms with Gasteiger partial charge in [0.2, 0.25) is 5.91 Å². The second-order valence-corrected chi connectivity index (χ2v) is 8.78. The van der Waals surface area contributed by atoms with Crippen LogP contribution in [0.25, 0.3) is 0 Å². The summed E-state index contributed by atoms with van der Waals surface area (Å²) in [4.78, 5) is 14.5. The number of benzene rings is 3. The summed E-state index contributed by atoms with van der Waals surface area (Å²) in [6.45, 7) is 2.35. The van der Waals surface area contributed by atoms with Gasteiger partial charge in [0.1, 0.15) is 18.2 Å². The van der Waals surface area contributed by atoms with E-state index in [1.165, 1.54) is 12.1 Å². The van der Waals surface area contributed by atoms with Crippen molar-refractivity contribution in [2.45, 2.75) is 25.5 Å². The number of nitrogens with zero attached hydrogens (tertiary/aromatic N) is 1. The van der Waals surface area contributed by atoms with Gasteiger partial charge in [0.05, 0.1) is 39.2 Å². The zero-order valence-corrected chi connectivity index (χ0v) is 21.5. The Bertz CT molecular complexity index is 1180. The number of carbonyl (C=O) groups excluding carboxylic acids is 1. The number of amides is 1. The standard InChI is InChI=1S/C30H33FN2O5/c1-35-28-6-2-3-7-29(28)38-18-5-4-17-37-27-14-12-25(13-15-27)33-26(20-32-21-30(33)34)16-19-36-22-23-8-10-24(31)11-9-23/h2-3,6-16,19,26,32H,4-5,17-18,20-22H2,1H3/b19-16+. The topological polar surface area (TPSA) is 69.3 Å². The molecule has 0 aliphatic carbocycles. The number of hydrogen-bond acceptors (Lipinski definition) is 6. The molecule has 0 spiro atoms. The molecule has 1 aliphatic heterocycles. The predicted molar refractivity (Wildman–Crippen MR) is 144 cm³/mol. The van der Waals surface area contributed by atoms with Crippen molar-refractivity contribution in [3.8, 4) is 17.2 Å². The summed E-state index contributed by atoms with van der Waals surface area (Å²) in [5, 5.41) is 3.14. The van der Waals surface area contributed by atoms with E-state index in [4.69, 9.17) is 18.9 Å². The molecule has 38 heavy (non-hydrogen) atoms. The number of rotatable bonds is 13. The van der Waals surface area contributed by atoms with E-state index < -0.39 is 0 Å². The number of halogens is 1. The van der Waals surface area contributed by atoms with Crippen molar-refractivity contribution in [3.05, 3.63) is 96.5 Å². The van der Waals surface area contributed by atoms with Gasteiger partial charge in [-0.15, -0.1) is 0 Å². The second-order valence-electron chi connectivity index (χ2n) is 8.78. The maximum atomic E-state index is 13.0. The lowest BCUT2D eigenvalue weighted by Gasteiger charge is -2.34. The van der Waals surface area contributed by atoms with Crippen LogP contribution in [0.3, 0.4) is 0 Å². The molecule has 0 aromatic heterocycles. The van der Waals surface area contributed by atoms with E-state index in [1.807, 2.05) is 54.6 Å². The first kappa shape index (κ1) is 27.0. The van der Waals surface area contributed by atoms with Crippen molar-refractivity contribution >= 4 is 11.6 Å². The molecule has 1 aliphatic rings. The summed E-state index contributed by atoms with van der Waals surface area (Å²) >= 11 is 0. The highest BCUT2D eigenvalue weighted by Crippen LogP contribution is 2.26. The van der Waals surface area contributed by atoms with Crippen LogP contribution in [-0.4, -0.2) is 45.4 Å². The molecule has 7 nitrogen and oxygen atoms in total. The minimum atomic E-state index is -0.280. The molecule has 0 bridgehead atoms. The van der Waals surface area contributed by atoms with Crippen LogP contribution in [0.1, 0.15) is 18.4 Å². The van der Waals surface area contributed by atoms with Crippen LogP contribution < -0.4 is 24.4 Å². The first-order chi connectivity index (χ1) is 18.6. The molecule has 1 fully saturated rings. The van der Waals surface area contributed by atoms with Crippen LogP contribution >= 0.6 is 0 Å². The van der Waals surface area contributed by atoms with Gasteiger partial charge in [-0.2, -0.15) is 0 Å². The number of para-hydroxylation sites is 2. The van der Waals surface area contributed by atoms with Crippen LogP contribution in [0.5, 0.6) is 17.2 Å². The number of ether oxygens (including phenoxy) is 4. The molecular weight excluding hydrogens is 487 g/mol. The van der Waals surface area contributed by atoms with Gasteiger partial charge in [0, 0.05) is 12.2 Å². The van der Waals surface area contributed by atoms with Gasteiger partial charge in [0.15, 0.2) is 11.5 Å². The SMILES string of the molecule is COc1ccccc1OCCCCOc1ccc(N2C(=O)CNCC2/C=C/OCc2ccc(F)cc2)cc1. The van der Waals surface area contributed by atoms with Gasteiger partial charge in [-0.05, 0) is 73.0 Å². The Balaban J connectivity index is 1.22. The van der Waals surface area contributed by atoms with Gasteiger partial charge in [-0.25, -0.2) is 4.39 Å². The van der Waals surface area contributed by atoms with Crippen LogP contribution in [0, 0.1) is 5.82 Å². The third-order valence-electron chi connectivity index (χ3n) is 6.04. The number of nitrogens with one attached hydrogen (secondary N) is 1. The van der Waals surface area contributed by atoms with Crippen molar-refractivity contribution in [1.82, 2.24) is 5.32 Å². The number of methoxy groups -OCH3 is 1. The summed E-state index contributed by atoms with van der Waals surface area (Å²) in [7, 11) is 1.63. The van der Waals surface area contributed by atoms with Crippen LogP contribution in [0.15, 0.2) is 85.1 Å². The molecule has 0 radical (unpaired) electrons. The fourth-order valence-electron chi connectivity index (χ4n) is 4.07. The molecule has 1 unspecified atom stereocenters. The lowest BCUT2D eigenvalue weighted by molar-refractivity contribution is -0.118. The lowest BCUT2D eigenvalue weighted by atomic mass is 10.1. The predicted octanol–water partition coefficient (Wildman–Crippen LogP) is 5.11. The van der Waals surface area contributed by atoms with E-state index in [0.717, 1.165) is 41.3 Å². The first-order valence-corrected chi connectivity index (χ1v) is 12.7. The highest BCUT2D eigenvalue weighted by Gasteiger charge is 2.27. The zero-order valence-electron chi connectivity index (χ0n) is 21.5. The monoisotopic (exact) mass is 520 g/mol. The summed E-state index contributed by atoms with van der Waals surface area (Å²) in [6, 6.07) is 21.1. The molecule has 8 heteroatoms. The van der Waals surface area contributed by atoms with E-state index >= 15 is 0 Å². The smallest absolute Gasteiger partial charge is 0.241 e. The van der Waals surface area contributed by atoms with Crippen molar-refractivity contribution in [2.24, 2.45) is 0 Å². The maximum Gasteiger partial charge on any atom is 0.241 e.